The Labute approximate surface area is 143 Å². The van der Waals surface area contributed by atoms with E-state index in [4.69, 9.17) is 16.3 Å². The lowest BCUT2D eigenvalue weighted by atomic mass is 10.2. The molecule has 0 aliphatic carbocycles. The van der Waals surface area contributed by atoms with Gasteiger partial charge in [0.2, 0.25) is 0 Å². The highest BCUT2D eigenvalue weighted by Crippen LogP contribution is 2.24. The van der Waals surface area contributed by atoms with Crippen LogP contribution in [0.5, 0.6) is 5.75 Å². The minimum absolute atomic E-state index is 0.0439. The van der Waals surface area contributed by atoms with E-state index in [1.807, 2.05) is 24.3 Å². The third kappa shape index (κ3) is 3.72. The number of nitrogens with one attached hydrogen (secondary N) is 1. The van der Waals surface area contributed by atoms with E-state index < -0.39 is 4.92 Å². The summed E-state index contributed by atoms with van der Waals surface area (Å²) in [5.74, 6) is 0.591. The van der Waals surface area contributed by atoms with Crippen molar-refractivity contribution in [1.29, 1.82) is 0 Å². The summed E-state index contributed by atoms with van der Waals surface area (Å²) >= 11 is 5.97. The summed E-state index contributed by atoms with van der Waals surface area (Å²) in [5.41, 5.74) is 1.81. The van der Waals surface area contributed by atoms with Crippen molar-refractivity contribution in [3.8, 4) is 5.75 Å². The molecule has 0 aliphatic heterocycles. The summed E-state index contributed by atoms with van der Waals surface area (Å²) in [5, 5.41) is 15.5. The van der Waals surface area contributed by atoms with Crippen molar-refractivity contribution >= 4 is 33.9 Å². The SMILES string of the molecule is O=[N+]([O-])c1ccc(OCCNc2ccnc3cc(Cl)ccc23)cc1. The van der Waals surface area contributed by atoms with Crippen molar-refractivity contribution in [2.24, 2.45) is 0 Å². The van der Waals surface area contributed by atoms with Crippen LogP contribution < -0.4 is 10.1 Å². The molecule has 0 radical (unpaired) electrons. The van der Waals surface area contributed by atoms with Crippen LogP contribution in [0.4, 0.5) is 11.4 Å². The standard InChI is InChI=1S/C17H14ClN3O3/c18-12-1-6-15-16(7-8-19-17(15)11-12)20-9-10-24-14-4-2-13(3-5-14)21(22)23/h1-8,11H,9-10H2,(H,19,20). The maximum atomic E-state index is 10.6. The highest BCUT2D eigenvalue weighted by Gasteiger charge is 2.05. The second kappa shape index (κ2) is 7.14. The highest BCUT2D eigenvalue weighted by molar-refractivity contribution is 6.31. The van der Waals surface area contributed by atoms with Crippen molar-refractivity contribution < 1.29 is 9.66 Å². The Kier molecular flexibility index (Phi) is 4.77. The van der Waals surface area contributed by atoms with Crippen LogP contribution in [0.3, 0.4) is 0 Å². The number of hydrogen-bond acceptors (Lipinski definition) is 5. The van der Waals surface area contributed by atoms with Crippen LogP contribution >= 0.6 is 11.6 Å². The van der Waals surface area contributed by atoms with Gasteiger partial charge in [0.25, 0.3) is 5.69 Å². The van der Waals surface area contributed by atoms with Gasteiger partial charge in [-0.3, -0.25) is 15.1 Å². The zero-order chi connectivity index (χ0) is 16.9. The van der Waals surface area contributed by atoms with Crippen molar-refractivity contribution in [3.63, 3.8) is 0 Å². The van der Waals surface area contributed by atoms with Gasteiger partial charge in [0.1, 0.15) is 12.4 Å². The first kappa shape index (κ1) is 16.0. The van der Waals surface area contributed by atoms with Gasteiger partial charge in [-0.25, -0.2) is 0 Å². The summed E-state index contributed by atoms with van der Waals surface area (Å²) in [6, 6.07) is 13.5. The number of nitro groups is 1. The number of nitrogens with zero attached hydrogens (tertiary/aromatic N) is 2. The van der Waals surface area contributed by atoms with Gasteiger partial charge in [-0.1, -0.05) is 11.6 Å². The molecule has 0 fully saturated rings. The van der Waals surface area contributed by atoms with Crippen LogP contribution in [0.15, 0.2) is 54.7 Å². The molecule has 6 nitrogen and oxygen atoms in total. The molecule has 0 saturated carbocycles. The Bertz CT molecular complexity index is 869. The number of nitro benzene ring substituents is 1. The number of fused-ring (bicyclic) bond motifs is 1. The topological polar surface area (TPSA) is 77.3 Å². The van der Waals surface area contributed by atoms with Gasteiger partial charge in [-0.2, -0.15) is 0 Å². The van der Waals surface area contributed by atoms with E-state index in [2.05, 4.69) is 10.3 Å². The quantitative estimate of drug-likeness (QED) is 0.410. The van der Waals surface area contributed by atoms with Crippen molar-refractivity contribution in [1.82, 2.24) is 4.98 Å². The summed E-state index contributed by atoms with van der Waals surface area (Å²) in [6.45, 7) is 1.01. The molecule has 0 atom stereocenters. The molecule has 2 aromatic carbocycles. The number of halogens is 1. The molecule has 24 heavy (non-hydrogen) atoms. The first-order valence-corrected chi connectivity index (χ1v) is 7.67. The van der Waals surface area contributed by atoms with Crippen LogP contribution in [0.2, 0.25) is 5.02 Å². The van der Waals surface area contributed by atoms with E-state index in [9.17, 15) is 10.1 Å². The third-order valence-electron chi connectivity index (χ3n) is 3.44. The van der Waals surface area contributed by atoms with Crippen LogP contribution in [0.1, 0.15) is 0 Å². The Hall–Kier alpha value is -2.86. The highest BCUT2D eigenvalue weighted by atomic mass is 35.5. The molecule has 0 bridgehead atoms. The molecule has 1 aromatic heterocycles. The number of rotatable bonds is 6. The molecule has 0 aliphatic rings. The predicted molar refractivity (Wildman–Crippen MR) is 93.8 cm³/mol. The van der Waals surface area contributed by atoms with E-state index in [0.717, 1.165) is 16.6 Å². The zero-order valence-electron chi connectivity index (χ0n) is 12.6. The molecular weight excluding hydrogens is 330 g/mol. The molecule has 0 spiro atoms. The largest absolute Gasteiger partial charge is 0.492 e. The van der Waals surface area contributed by atoms with Crippen molar-refractivity contribution in [2.45, 2.75) is 0 Å². The summed E-state index contributed by atoms with van der Waals surface area (Å²) in [7, 11) is 0. The first-order valence-electron chi connectivity index (χ1n) is 7.29. The smallest absolute Gasteiger partial charge is 0.269 e. The average Bonchev–Trinajstić information content (AvgIpc) is 2.59. The predicted octanol–water partition coefficient (Wildman–Crippen LogP) is 4.29. The average molecular weight is 344 g/mol. The Morgan fingerprint density at radius 3 is 2.71 bits per heavy atom. The van der Waals surface area contributed by atoms with Crippen LogP contribution in [0, 0.1) is 10.1 Å². The van der Waals surface area contributed by atoms with Gasteiger partial charge in [-0.05, 0) is 36.4 Å². The Morgan fingerprint density at radius 1 is 1.17 bits per heavy atom. The minimum Gasteiger partial charge on any atom is -0.492 e. The number of aromatic nitrogens is 1. The maximum absolute atomic E-state index is 10.6. The maximum Gasteiger partial charge on any atom is 0.269 e. The summed E-state index contributed by atoms with van der Waals surface area (Å²) in [6.07, 6.45) is 1.72. The first-order chi connectivity index (χ1) is 11.6. The molecule has 3 aromatic rings. The Morgan fingerprint density at radius 2 is 1.96 bits per heavy atom. The van der Waals surface area contributed by atoms with Gasteiger partial charge >= 0.3 is 0 Å². The van der Waals surface area contributed by atoms with E-state index >= 15 is 0 Å². The number of benzene rings is 2. The monoisotopic (exact) mass is 343 g/mol. The zero-order valence-corrected chi connectivity index (χ0v) is 13.4. The van der Waals surface area contributed by atoms with Gasteiger partial charge in [0.05, 0.1) is 10.4 Å². The normalized spacial score (nSPS) is 10.5. The lowest BCUT2D eigenvalue weighted by Gasteiger charge is -2.10. The lowest BCUT2D eigenvalue weighted by Crippen LogP contribution is -2.11. The fourth-order valence-electron chi connectivity index (χ4n) is 2.29. The molecule has 3 rings (SSSR count). The van der Waals surface area contributed by atoms with E-state index in [-0.39, 0.29) is 5.69 Å². The molecule has 7 heteroatoms. The minimum atomic E-state index is -0.438. The molecule has 1 N–H and O–H groups in total. The molecular formula is C17H14ClN3O3. The van der Waals surface area contributed by atoms with Crippen LogP contribution in [-0.4, -0.2) is 23.1 Å². The molecule has 0 saturated heterocycles. The number of hydrogen-bond donors (Lipinski definition) is 1. The van der Waals surface area contributed by atoms with E-state index in [1.54, 1.807) is 18.3 Å². The summed E-state index contributed by atoms with van der Waals surface area (Å²) in [4.78, 5) is 14.5. The van der Waals surface area contributed by atoms with Gasteiger partial charge < -0.3 is 10.1 Å². The van der Waals surface area contributed by atoms with Crippen LogP contribution in [-0.2, 0) is 0 Å². The van der Waals surface area contributed by atoms with Crippen LogP contribution in [0.25, 0.3) is 10.9 Å². The van der Waals surface area contributed by atoms with E-state index in [1.165, 1.54) is 12.1 Å². The lowest BCUT2D eigenvalue weighted by molar-refractivity contribution is -0.384. The van der Waals surface area contributed by atoms with Gasteiger partial charge in [0, 0.05) is 41.0 Å². The van der Waals surface area contributed by atoms with Crippen molar-refractivity contribution in [2.75, 3.05) is 18.5 Å². The number of pyridine rings is 1. The van der Waals surface area contributed by atoms with E-state index in [0.29, 0.717) is 23.9 Å². The summed E-state index contributed by atoms with van der Waals surface area (Å²) < 4.78 is 5.57. The number of ether oxygens (including phenoxy) is 1. The fraction of sp³-hybridized carbons (Fsp3) is 0.118. The number of anilines is 1. The second-order valence-electron chi connectivity index (χ2n) is 5.05. The van der Waals surface area contributed by atoms with Crippen molar-refractivity contribution in [3.05, 3.63) is 69.9 Å². The molecule has 0 unspecified atom stereocenters. The molecule has 0 amide bonds. The molecule has 1 heterocycles. The fourth-order valence-corrected chi connectivity index (χ4v) is 2.46. The molecule has 122 valence electrons. The third-order valence-corrected chi connectivity index (χ3v) is 3.67. The Balaban J connectivity index is 1.58. The van der Waals surface area contributed by atoms with Gasteiger partial charge in [0.15, 0.2) is 0 Å². The van der Waals surface area contributed by atoms with Gasteiger partial charge in [-0.15, -0.1) is 0 Å². The number of non-ortho nitro benzene ring substituents is 1. The second-order valence-corrected chi connectivity index (χ2v) is 5.48.